The van der Waals surface area contributed by atoms with Crippen molar-refractivity contribution in [1.29, 1.82) is 0 Å². The highest BCUT2D eigenvalue weighted by molar-refractivity contribution is 6.30. The van der Waals surface area contributed by atoms with Crippen molar-refractivity contribution in [2.75, 3.05) is 25.2 Å². The minimum Gasteiger partial charge on any atom is -0.497 e. The van der Waals surface area contributed by atoms with Crippen molar-refractivity contribution < 1.29 is 28.7 Å². The number of hydrogen-bond donors (Lipinski definition) is 0. The van der Waals surface area contributed by atoms with Gasteiger partial charge < -0.3 is 14.4 Å². The number of methoxy groups -OCH3 is 1. The molecule has 4 rings (SSSR count). The summed E-state index contributed by atoms with van der Waals surface area (Å²) in [6, 6.07) is 19.0. The lowest BCUT2D eigenvalue weighted by atomic mass is 10.1. The second-order valence-corrected chi connectivity index (χ2v) is 9.10. The summed E-state index contributed by atoms with van der Waals surface area (Å²) < 4.78 is 10.3. The van der Waals surface area contributed by atoms with Gasteiger partial charge in [0.25, 0.3) is 11.8 Å². The largest absolute Gasteiger partial charge is 0.497 e. The van der Waals surface area contributed by atoms with Gasteiger partial charge in [-0.05, 0) is 73.5 Å². The first-order chi connectivity index (χ1) is 18.3. The molecule has 0 radical (unpaired) electrons. The van der Waals surface area contributed by atoms with Crippen LogP contribution in [0.3, 0.4) is 0 Å². The van der Waals surface area contributed by atoms with E-state index >= 15 is 0 Å². The maximum absolute atomic E-state index is 13.7. The molecule has 3 amide bonds. The van der Waals surface area contributed by atoms with Crippen molar-refractivity contribution >= 4 is 41.0 Å². The van der Waals surface area contributed by atoms with Crippen LogP contribution in [0.5, 0.6) is 5.75 Å². The molecule has 1 aliphatic rings. The van der Waals surface area contributed by atoms with E-state index in [-0.39, 0.29) is 19.6 Å². The summed E-state index contributed by atoms with van der Waals surface area (Å²) >= 11 is 6.13. The number of hydrogen-bond acceptors (Lipinski definition) is 6. The smallest absolute Gasteiger partial charge is 0.338 e. The van der Waals surface area contributed by atoms with Gasteiger partial charge in [0.05, 0.1) is 31.4 Å². The van der Waals surface area contributed by atoms with Gasteiger partial charge in [-0.25, -0.2) is 9.69 Å². The lowest BCUT2D eigenvalue weighted by Gasteiger charge is -2.28. The maximum Gasteiger partial charge on any atom is 0.338 e. The van der Waals surface area contributed by atoms with Gasteiger partial charge in [0.15, 0.2) is 0 Å². The van der Waals surface area contributed by atoms with Crippen LogP contribution in [0.15, 0.2) is 72.8 Å². The van der Waals surface area contributed by atoms with Crippen LogP contribution in [0.2, 0.25) is 5.02 Å². The minimum atomic E-state index is -0.995. The normalized spacial score (nSPS) is 14.9. The molecule has 1 unspecified atom stereocenters. The number of carbonyl (C=O) groups is 4. The highest BCUT2D eigenvalue weighted by atomic mass is 35.5. The summed E-state index contributed by atoms with van der Waals surface area (Å²) in [5.41, 5.74) is 1.86. The summed E-state index contributed by atoms with van der Waals surface area (Å²) in [6.45, 7) is 2.13. The fourth-order valence-corrected chi connectivity index (χ4v) is 4.57. The molecule has 0 aromatic heterocycles. The first-order valence-corrected chi connectivity index (χ1v) is 12.5. The number of esters is 1. The van der Waals surface area contributed by atoms with Crippen molar-refractivity contribution in [2.45, 2.75) is 25.8 Å². The first kappa shape index (κ1) is 26.9. The standard InChI is InChI=1S/C29H27ClN2O6/c1-3-38-29(36)20-10-12-23(13-11-20)32-26(33)18-25(28(32)35)31(15-14-19-6-4-8-22(30)16-19)27(34)21-7-5-9-24(17-21)37-2/h4-13,16-17,25H,3,14-15,18H2,1-2H3. The molecule has 38 heavy (non-hydrogen) atoms. The van der Waals surface area contributed by atoms with Gasteiger partial charge in [-0.1, -0.05) is 29.8 Å². The highest BCUT2D eigenvalue weighted by Crippen LogP contribution is 2.28. The van der Waals surface area contributed by atoms with Gasteiger partial charge in [0, 0.05) is 17.1 Å². The Morgan fingerprint density at radius 3 is 2.42 bits per heavy atom. The Morgan fingerprint density at radius 1 is 1.00 bits per heavy atom. The molecule has 1 atom stereocenters. The molecule has 0 saturated carbocycles. The number of nitrogens with zero attached hydrogens (tertiary/aromatic N) is 2. The van der Waals surface area contributed by atoms with Gasteiger partial charge in [-0.2, -0.15) is 0 Å². The van der Waals surface area contributed by atoms with Gasteiger partial charge in [-0.15, -0.1) is 0 Å². The Labute approximate surface area is 225 Å². The minimum absolute atomic E-state index is 0.163. The Hall–Kier alpha value is -4.17. The van der Waals surface area contributed by atoms with Crippen molar-refractivity contribution in [2.24, 2.45) is 0 Å². The molecule has 3 aromatic rings. The van der Waals surface area contributed by atoms with E-state index in [1.807, 2.05) is 12.1 Å². The quantitative estimate of drug-likeness (QED) is 0.295. The molecule has 0 bridgehead atoms. The van der Waals surface area contributed by atoms with Gasteiger partial charge in [0.1, 0.15) is 11.8 Å². The summed E-state index contributed by atoms with van der Waals surface area (Å²) in [5.74, 6) is -1.33. The molecule has 1 aliphatic heterocycles. The predicted octanol–water partition coefficient (Wildman–Crippen LogP) is 4.54. The summed E-state index contributed by atoms with van der Waals surface area (Å²) in [5, 5.41) is 0.567. The lowest BCUT2D eigenvalue weighted by Crippen LogP contribution is -2.46. The van der Waals surface area contributed by atoms with Crippen LogP contribution in [0.4, 0.5) is 5.69 Å². The van der Waals surface area contributed by atoms with E-state index < -0.39 is 29.7 Å². The molecule has 1 fully saturated rings. The molecule has 0 spiro atoms. The van der Waals surface area contributed by atoms with Gasteiger partial charge in [-0.3, -0.25) is 14.4 Å². The maximum atomic E-state index is 13.7. The number of ether oxygens (including phenoxy) is 2. The number of anilines is 1. The molecule has 8 nitrogen and oxygen atoms in total. The number of carbonyl (C=O) groups excluding carboxylic acids is 4. The molecular weight excluding hydrogens is 508 g/mol. The molecule has 9 heteroatoms. The Morgan fingerprint density at radius 2 is 1.74 bits per heavy atom. The van der Waals surface area contributed by atoms with Crippen molar-refractivity contribution in [3.63, 3.8) is 0 Å². The second-order valence-electron chi connectivity index (χ2n) is 8.67. The van der Waals surface area contributed by atoms with Crippen LogP contribution in [0, 0.1) is 0 Å². The lowest BCUT2D eigenvalue weighted by molar-refractivity contribution is -0.122. The third-order valence-electron chi connectivity index (χ3n) is 6.24. The van der Waals surface area contributed by atoms with E-state index in [0.29, 0.717) is 34.0 Å². The molecule has 1 saturated heterocycles. The first-order valence-electron chi connectivity index (χ1n) is 12.2. The molecule has 0 aliphatic carbocycles. The molecule has 196 valence electrons. The van der Waals surface area contributed by atoms with E-state index in [4.69, 9.17) is 21.1 Å². The third kappa shape index (κ3) is 5.86. The number of rotatable bonds is 9. The second kappa shape index (κ2) is 11.9. The zero-order chi connectivity index (χ0) is 27.2. The zero-order valence-electron chi connectivity index (χ0n) is 21.1. The van der Waals surface area contributed by atoms with E-state index in [1.54, 1.807) is 43.3 Å². The zero-order valence-corrected chi connectivity index (χ0v) is 21.8. The van der Waals surface area contributed by atoms with E-state index in [1.165, 1.54) is 36.3 Å². The van der Waals surface area contributed by atoms with Crippen LogP contribution in [0.25, 0.3) is 0 Å². The number of halogens is 1. The van der Waals surface area contributed by atoms with E-state index in [0.717, 1.165) is 10.5 Å². The Kier molecular flexibility index (Phi) is 8.43. The fourth-order valence-electron chi connectivity index (χ4n) is 4.35. The topological polar surface area (TPSA) is 93.2 Å². The van der Waals surface area contributed by atoms with Crippen LogP contribution in [-0.2, 0) is 20.7 Å². The number of amides is 3. The SMILES string of the molecule is CCOC(=O)c1ccc(N2C(=O)CC(N(CCc3cccc(Cl)c3)C(=O)c3cccc(OC)c3)C2=O)cc1. The van der Waals surface area contributed by atoms with E-state index in [9.17, 15) is 19.2 Å². The predicted molar refractivity (Wildman–Crippen MR) is 142 cm³/mol. The fraction of sp³-hybridized carbons (Fsp3) is 0.241. The van der Waals surface area contributed by atoms with Gasteiger partial charge in [0.2, 0.25) is 5.91 Å². The van der Waals surface area contributed by atoms with Crippen molar-refractivity contribution in [3.05, 3.63) is 94.5 Å². The van der Waals surface area contributed by atoms with Crippen LogP contribution in [-0.4, -0.2) is 54.9 Å². The molecule has 0 N–H and O–H groups in total. The van der Waals surface area contributed by atoms with Crippen LogP contribution >= 0.6 is 11.6 Å². The Bertz CT molecular complexity index is 1360. The molecule has 3 aromatic carbocycles. The van der Waals surface area contributed by atoms with Crippen molar-refractivity contribution in [1.82, 2.24) is 4.90 Å². The number of imide groups is 1. The summed E-state index contributed by atoms with van der Waals surface area (Å²) in [7, 11) is 1.50. The average Bonchev–Trinajstić information content (AvgIpc) is 3.22. The van der Waals surface area contributed by atoms with Crippen LogP contribution in [0.1, 0.15) is 39.6 Å². The highest BCUT2D eigenvalue weighted by Gasteiger charge is 2.44. The average molecular weight is 535 g/mol. The molecular formula is C29H27ClN2O6. The molecule has 1 heterocycles. The van der Waals surface area contributed by atoms with Gasteiger partial charge >= 0.3 is 5.97 Å². The third-order valence-corrected chi connectivity index (χ3v) is 6.48. The van der Waals surface area contributed by atoms with Crippen LogP contribution < -0.4 is 9.64 Å². The van der Waals surface area contributed by atoms with Crippen molar-refractivity contribution in [3.8, 4) is 5.75 Å². The number of benzene rings is 3. The van der Waals surface area contributed by atoms with E-state index in [2.05, 4.69) is 0 Å². The Balaban J connectivity index is 1.62. The monoisotopic (exact) mass is 534 g/mol. The summed E-state index contributed by atoms with van der Waals surface area (Å²) in [4.78, 5) is 54.8. The summed E-state index contributed by atoms with van der Waals surface area (Å²) in [6.07, 6.45) is 0.270.